The molecule has 0 amide bonds. The molecule has 0 aliphatic rings. The van der Waals surface area contributed by atoms with Gasteiger partial charge in [-0.3, -0.25) is 0 Å². The summed E-state index contributed by atoms with van der Waals surface area (Å²) < 4.78 is 5.77. The minimum Gasteiger partial charge on any atom is -0.457 e. The van der Waals surface area contributed by atoms with Gasteiger partial charge in [0.05, 0.1) is 17.0 Å². The Morgan fingerprint density at radius 1 is 0.920 bits per heavy atom. The predicted octanol–water partition coefficient (Wildman–Crippen LogP) is 4.37. The zero-order valence-electron chi connectivity index (χ0n) is 13.1. The summed E-state index contributed by atoms with van der Waals surface area (Å²) >= 11 is 0. The third-order valence-corrected chi connectivity index (χ3v) is 3.69. The van der Waals surface area contributed by atoms with Crippen LogP contribution in [0.1, 0.15) is 5.56 Å². The van der Waals surface area contributed by atoms with E-state index in [-0.39, 0.29) is 0 Å². The van der Waals surface area contributed by atoms with Gasteiger partial charge in [0.15, 0.2) is 0 Å². The SMILES string of the molecule is N#Cc1ccc(Oc2ccc(Nc3ncnc4[nH]ccc34)cc2)cc1. The molecule has 120 valence electrons. The summed E-state index contributed by atoms with van der Waals surface area (Å²) in [6, 6.07) is 18.6. The van der Waals surface area contributed by atoms with Gasteiger partial charge in [0.1, 0.15) is 29.3 Å². The van der Waals surface area contributed by atoms with Gasteiger partial charge in [0.25, 0.3) is 0 Å². The second kappa shape index (κ2) is 6.34. The number of H-pyrrole nitrogens is 1. The number of ether oxygens (including phenoxy) is 1. The Labute approximate surface area is 143 Å². The molecule has 0 atom stereocenters. The molecule has 0 fully saturated rings. The summed E-state index contributed by atoms with van der Waals surface area (Å²) in [5, 5.41) is 13.0. The first-order valence-corrected chi connectivity index (χ1v) is 7.65. The van der Waals surface area contributed by atoms with E-state index >= 15 is 0 Å². The molecule has 2 heterocycles. The average molecular weight is 327 g/mol. The lowest BCUT2D eigenvalue weighted by Crippen LogP contribution is -1.95. The van der Waals surface area contributed by atoms with Crippen LogP contribution in [-0.2, 0) is 0 Å². The smallest absolute Gasteiger partial charge is 0.143 e. The number of aromatic amines is 1. The van der Waals surface area contributed by atoms with Crippen LogP contribution in [0.15, 0.2) is 67.1 Å². The summed E-state index contributed by atoms with van der Waals surface area (Å²) in [4.78, 5) is 11.5. The fourth-order valence-electron chi connectivity index (χ4n) is 2.45. The lowest BCUT2D eigenvalue weighted by molar-refractivity contribution is 0.483. The van der Waals surface area contributed by atoms with Gasteiger partial charge in [0, 0.05) is 11.9 Å². The maximum Gasteiger partial charge on any atom is 0.143 e. The molecule has 0 bridgehead atoms. The molecule has 4 aromatic rings. The quantitative estimate of drug-likeness (QED) is 0.581. The van der Waals surface area contributed by atoms with Gasteiger partial charge in [-0.2, -0.15) is 5.26 Å². The number of hydrogen-bond donors (Lipinski definition) is 2. The highest BCUT2D eigenvalue weighted by Crippen LogP contribution is 2.26. The summed E-state index contributed by atoms with van der Waals surface area (Å²) in [7, 11) is 0. The van der Waals surface area contributed by atoms with Gasteiger partial charge < -0.3 is 15.0 Å². The molecule has 0 radical (unpaired) electrons. The summed E-state index contributed by atoms with van der Waals surface area (Å²) in [5.41, 5.74) is 2.29. The summed E-state index contributed by atoms with van der Waals surface area (Å²) in [5.74, 6) is 2.14. The molecule has 2 aromatic carbocycles. The number of hydrogen-bond acceptors (Lipinski definition) is 5. The molecule has 0 aliphatic carbocycles. The van der Waals surface area contributed by atoms with E-state index in [1.807, 2.05) is 36.5 Å². The van der Waals surface area contributed by atoms with Gasteiger partial charge in [-0.15, -0.1) is 0 Å². The number of benzene rings is 2. The molecule has 0 saturated heterocycles. The van der Waals surface area contributed by atoms with Crippen molar-refractivity contribution < 1.29 is 4.74 Å². The standard InChI is InChI=1S/C19H13N5O/c20-11-13-1-5-15(6-2-13)25-16-7-3-14(4-8-16)24-19-17-9-10-21-18(17)22-12-23-19/h1-10,12H,(H2,21,22,23,24). The second-order valence-electron chi connectivity index (χ2n) is 5.35. The monoisotopic (exact) mass is 327 g/mol. The van der Waals surface area contributed by atoms with Crippen molar-refractivity contribution in [1.82, 2.24) is 15.0 Å². The first-order chi connectivity index (χ1) is 12.3. The molecule has 2 N–H and O–H groups in total. The van der Waals surface area contributed by atoms with Crippen molar-refractivity contribution in [3.63, 3.8) is 0 Å². The van der Waals surface area contributed by atoms with Crippen LogP contribution in [0.3, 0.4) is 0 Å². The van der Waals surface area contributed by atoms with Crippen molar-refractivity contribution in [2.45, 2.75) is 0 Å². The highest BCUT2D eigenvalue weighted by molar-refractivity contribution is 5.88. The summed E-state index contributed by atoms with van der Waals surface area (Å²) in [6.07, 6.45) is 3.35. The minimum absolute atomic E-state index is 0.604. The van der Waals surface area contributed by atoms with Crippen LogP contribution in [0.2, 0.25) is 0 Å². The first-order valence-electron chi connectivity index (χ1n) is 7.65. The van der Waals surface area contributed by atoms with Crippen LogP contribution in [0.5, 0.6) is 11.5 Å². The van der Waals surface area contributed by atoms with Crippen LogP contribution in [0, 0.1) is 11.3 Å². The van der Waals surface area contributed by atoms with E-state index in [4.69, 9.17) is 10.00 Å². The predicted molar refractivity (Wildman–Crippen MR) is 94.8 cm³/mol. The van der Waals surface area contributed by atoms with E-state index in [2.05, 4.69) is 26.3 Å². The third kappa shape index (κ3) is 3.12. The van der Waals surface area contributed by atoms with E-state index in [9.17, 15) is 0 Å². The molecular weight excluding hydrogens is 314 g/mol. The highest BCUT2D eigenvalue weighted by atomic mass is 16.5. The number of aromatic nitrogens is 3. The van der Waals surface area contributed by atoms with Crippen molar-refractivity contribution in [3.8, 4) is 17.6 Å². The van der Waals surface area contributed by atoms with Crippen LogP contribution >= 0.6 is 0 Å². The Kier molecular flexibility index (Phi) is 3.73. The second-order valence-corrected chi connectivity index (χ2v) is 5.35. The fourth-order valence-corrected chi connectivity index (χ4v) is 2.45. The van der Waals surface area contributed by atoms with E-state index in [0.29, 0.717) is 17.1 Å². The Hall–Kier alpha value is -3.85. The number of nitrogens with one attached hydrogen (secondary N) is 2. The molecule has 0 saturated carbocycles. The first kappa shape index (κ1) is 14.7. The third-order valence-electron chi connectivity index (χ3n) is 3.69. The Bertz CT molecular complexity index is 1050. The van der Waals surface area contributed by atoms with E-state index in [1.54, 1.807) is 24.3 Å². The molecule has 6 nitrogen and oxygen atoms in total. The lowest BCUT2D eigenvalue weighted by atomic mass is 10.2. The van der Waals surface area contributed by atoms with Gasteiger partial charge >= 0.3 is 0 Å². The molecule has 0 unspecified atom stereocenters. The normalized spacial score (nSPS) is 10.4. The van der Waals surface area contributed by atoms with Crippen molar-refractivity contribution in [1.29, 1.82) is 5.26 Å². The average Bonchev–Trinajstić information content (AvgIpc) is 3.14. The van der Waals surface area contributed by atoms with Gasteiger partial charge in [-0.05, 0) is 54.6 Å². The maximum atomic E-state index is 8.81. The number of fused-ring (bicyclic) bond motifs is 1. The molecule has 25 heavy (non-hydrogen) atoms. The summed E-state index contributed by atoms with van der Waals surface area (Å²) in [6.45, 7) is 0. The molecule has 6 heteroatoms. The fraction of sp³-hybridized carbons (Fsp3) is 0. The van der Waals surface area contributed by atoms with E-state index in [1.165, 1.54) is 6.33 Å². The number of nitrogens with zero attached hydrogens (tertiary/aromatic N) is 3. The zero-order valence-corrected chi connectivity index (χ0v) is 13.1. The van der Waals surface area contributed by atoms with Crippen LogP contribution < -0.4 is 10.1 Å². The number of anilines is 2. The lowest BCUT2D eigenvalue weighted by Gasteiger charge is -2.09. The Balaban J connectivity index is 1.50. The molecule has 4 rings (SSSR count). The van der Waals surface area contributed by atoms with E-state index in [0.717, 1.165) is 22.5 Å². The zero-order chi connectivity index (χ0) is 17.1. The molecular formula is C19H13N5O. The number of rotatable bonds is 4. The molecule has 2 aromatic heterocycles. The highest BCUT2D eigenvalue weighted by Gasteiger charge is 2.05. The van der Waals surface area contributed by atoms with Gasteiger partial charge in [0.2, 0.25) is 0 Å². The Morgan fingerprint density at radius 2 is 1.64 bits per heavy atom. The van der Waals surface area contributed by atoms with Crippen LogP contribution in [0.25, 0.3) is 11.0 Å². The van der Waals surface area contributed by atoms with Crippen LogP contribution in [-0.4, -0.2) is 15.0 Å². The van der Waals surface area contributed by atoms with Crippen molar-refractivity contribution in [3.05, 3.63) is 72.7 Å². The topological polar surface area (TPSA) is 86.6 Å². The van der Waals surface area contributed by atoms with Crippen molar-refractivity contribution in [2.24, 2.45) is 0 Å². The van der Waals surface area contributed by atoms with Crippen molar-refractivity contribution in [2.75, 3.05) is 5.32 Å². The van der Waals surface area contributed by atoms with Gasteiger partial charge in [-0.1, -0.05) is 0 Å². The minimum atomic E-state index is 0.604. The maximum absolute atomic E-state index is 8.81. The molecule has 0 spiro atoms. The number of nitriles is 1. The largest absolute Gasteiger partial charge is 0.457 e. The Morgan fingerprint density at radius 3 is 2.36 bits per heavy atom. The van der Waals surface area contributed by atoms with Crippen molar-refractivity contribution >= 4 is 22.5 Å². The van der Waals surface area contributed by atoms with Crippen LogP contribution in [0.4, 0.5) is 11.5 Å². The van der Waals surface area contributed by atoms with Gasteiger partial charge in [-0.25, -0.2) is 9.97 Å². The molecule has 0 aliphatic heterocycles. The van der Waals surface area contributed by atoms with E-state index < -0.39 is 0 Å².